The fourth-order valence-corrected chi connectivity index (χ4v) is 3.17. The van der Waals surface area contributed by atoms with Gasteiger partial charge < -0.3 is 15.0 Å². The number of nitrogens with zero attached hydrogens (tertiary/aromatic N) is 2. The molecule has 2 saturated carbocycles. The molecule has 1 aromatic heterocycles. The molecule has 3 unspecified atom stereocenters. The highest BCUT2D eigenvalue weighted by atomic mass is 16.5. The second-order valence-electron chi connectivity index (χ2n) is 5.80. The number of hydrogen-bond acceptors (Lipinski definition) is 5. The van der Waals surface area contributed by atoms with E-state index < -0.39 is 5.54 Å². The van der Waals surface area contributed by atoms with Crippen LogP contribution in [0.25, 0.3) is 0 Å². The third-order valence-corrected chi connectivity index (χ3v) is 4.25. The average Bonchev–Trinajstić information content (AvgIpc) is 2.81. The fourth-order valence-electron chi connectivity index (χ4n) is 3.17. The van der Waals surface area contributed by atoms with Crippen LogP contribution in [0.2, 0.25) is 0 Å². The largest absolute Gasteiger partial charge is 0.379 e. The van der Waals surface area contributed by atoms with E-state index in [0.717, 1.165) is 17.7 Å². The van der Waals surface area contributed by atoms with Gasteiger partial charge in [-0.2, -0.15) is 4.98 Å². The van der Waals surface area contributed by atoms with Gasteiger partial charge in [0.05, 0.1) is 6.61 Å². The summed E-state index contributed by atoms with van der Waals surface area (Å²) in [4.78, 5) is 4.50. The van der Waals surface area contributed by atoms with E-state index in [0.29, 0.717) is 25.0 Å². The first kappa shape index (κ1) is 12.1. The van der Waals surface area contributed by atoms with Gasteiger partial charge in [-0.05, 0) is 38.5 Å². The maximum absolute atomic E-state index is 6.16. The summed E-state index contributed by atoms with van der Waals surface area (Å²) in [7, 11) is 0. The first-order chi connectivity index (χ1) is 8.63. The summed E-state index contributed by atoms with van der Waals surface area (Å²) in [5, 5.41) is 4.04. The van der Waals surface area contributed by atoms with E-state index >= 15 is 0 Å². The van der Waals surface area contributed by atoms with Crippen LogP contribution in [0, 0.1) is 11.8 Å². The quantitative estimate of drug-likeness (QED) is 0.863. The van der Waals surface area contributed by atoms with Crippen LogP contribution in [-0.4, -0.2) is 23.4 Å². The minimum absolute atomic E-state index is 0.417. The van der Waals surface area contributed by atoms with Crippen LogP contribution >= 0.6 is 0 Å². The minimum Gasteiger partial charge on any atom is -0.379 e. The first-order valence-electron chi connectivity index (χ1n) is 6.84. The molecule has 0 aromatic carbocycles. The topological polar surface area (TPSA) is 74.2 Å². The maximum atomic E-state index is 6.16. The van der Waals surface area contributed by atoms with E-state index in [1.54, 1.807) is 0 Å². The van der Waals surface area contributed by atoms with Gasteiger partial charge in [0.2, 0.25) is 5.89 Å². The summed E-state index contributed by atoms with van der Waals surface area (Å²) < 4.78 is 10.8. The molecule has 0 aliphatic heterocycles. The SMILES string of the molecule is CCOCC(C)(N)c1noc(C2C3CCCC32)n1. The van der Waals surface area contributed by atoms with E-state index in [1.165, 1.54) is 19.3 Å². The Kier molecular flexibility index (Phi) is 2.90. The lowest BCUT2D eigenvalue weighted by atomic mass is 10.1. The molecule has 0 amide bonds. The van der Waals surface area contributed by atoms with Crippen molar-refractivity contribution in [1.29, 1.82) is 0 Å². The molecule has 18 heavy (non-hydrogen) atoms. The molecule has 3 rings (SSSR count). The van der Waals surface area contributed by atoms with Gasteiger partial charge in [-0.15, -0.1) is 0 Å². The molecule has 1 heterocycles. The van der Waals surface area contributed by atoms with Crippen molar-refractivity contribution in [1.82, 2.24) is 10.1 Å². The Balaban J connectivity index is 1.70. The molecule has 2 fully saturated rings. The lowest BCUT2D eigenvalue weighted by Crippen LogP contribution is -2.39. The number of nitrogens with two attached hydrogens (primary N) is 1. The van der Waals surface area contributed by atoms with Gasteiger partial charge in [0.25, 0.3) is 0 Å². The Morgan fingerprint density at radius 1 is 1.44 bits per heavy atom. The van der Waals surface area contributed by atoms with Gasteiger partial charge in [0, 0.05) is 12.5 Å². The molecule has 3 atom stereocenters. The molecule has 1 aromatic rings. The van der Waals surface area contributed by atoms with Crippen molar-refractivity contribution in [3.05, 3.63) is 11.7 Å². The van der Waals surface area contributed by atoms with Crippen molar-refractivity contribution in [2.24, 2.45) is 17.6 Å². The Hall–Kier alpha value is -0.940. The molecule has 0 saturated heterocycles. The van der Waals surface area contributed by atoms with Crippen molar-refractivity contribution >= 4 is 0 Å². The molecule has 0 spiro atoms. The zero-order chi connectivity index (χ0) is 12.8. The minimum atomic E-state index is -0.665. The average molecular weight is 251 g/mol. The summed E-state index contributed by atoms with van der Waals surface area (Å²) in [5.74, 6) is 3.43. The predicted molar refractivity (Wildman–Crippen MR) is 65.9 cm³/mol. The van der Waals surface area contributed by atoms with Crippen LogP contribution in [0.4, 0.5) is 0 Å². The van der Waals surface area contributed by atoms with E-state index in [2.05, 4.69) is 10.1 Å². The number of ether oxygens (including phenoxy) is 1. The van der Waals surface area contributed by atoms with E-state index in [4.69, 9.17) is 15.0 Å². The monoisotopic (exact) mass is 251 g/mol. The van der Waals surface area contributed by atoms with Gasteiger partial charge in [0.15, 0.2) is 5.82 Å². The summed E-state index contributed by atoms with van der Waals surface area (Å²) in [6.45, 7) is 4.89. The summed E-state index contributed by atoms with van der Waals surface area (Å²) in [6.07, 6.45) is 3.98. The molecule has 0 radical (unpaired) electrons. The molecular weight excluding hydrogens is 230 g/mol. The van der Waals surface area contributed by atoms with Crippen molar-refractivity contribution in [3.63, 3.8) is 0 Å². The van der Waals surface area contributed by atoms with Gasteiger partial charge >= 0.3 is 0 Å². The van der Waals surface area contributed by atoms with Gasteiger partial charge in [-0.1, -0.05) is 11.6 Å². The highest BCUT2D eigenvalue weighted by Gasteiger charge is 2.56. The van der Waals surface area contributed by atoms with Crippen LogP contribution < -0.4 is 5.73 Å². The Morgan fingerprint density at radius 2 is 2.17 bits per heavy atom. The van der Waals surface area contributed by atoms with Crippen LogP contribution in [0.15, 0.2) is 4.52 Å². The summed E-state index contributed by atoms with van der Waals surface area (Å²) in [5.41, 5.74) is 5.50. The summed E-state index contributed by atoms with van der Waals surface area (Å²) in [6, 6.07) is 0. The molecular formula is C13H21N3O2. The van der Waals surface area contributed by atoms with Gasteiger partial charge in [-0.25, -0.2) is 0 Å². The lowest BCUT2D eigenvalue weighted by molar-refractivity contribution is 0.0962. The zero-order valence-corrected chi connectivity index (χ0v) is 11.1. The Bertz CT molecular complexity index is 420. The third-order valence-electron chi connectivity index (χ3n) is 4.25. The normalized spacial score (nSPS) is 33.2. The molecule has 5 heteroatoms. The van der Waals surface area contributed by atoms with Crippen LogP contribution in [0.1, 0.15) is 50.7 Å². The van der Waals surface area contributed by atoms with Crippen molar-refractivity contribution in [3.8, 4) is 0 Å². The highest BCUT2D eigenvalue weighted by molar-refractivity contribution is 5.17. The first-order valence-corrected chi connectivity index (χ1v) is 6.84. The van der Waals surface area contributed by atoms with E-state index in [1.807, 2.05) is 13.8 Å². The van der Waals surface area contributed by atoms with Crippen LogP contribution in [0.3, 0.4) is 0 Å². The second-order valence-corrected chi connectivity index (χ2v) is 5.80. The Labute approximate surface area is 107 Å². The number of fused-ring (bicyclic) bond motifs is 1. The molecule has 0 bridgehead atoms. The summed E-state index contributed by atoms with van der Waals surface area (Å²) >= 11 is 0. The molecule has 2 N–H and O–H groups in total. The van der Waals surface area contributed by atoms with Crippen LogP contribution in [0.5, 0.6) is 0 Å². The molecule has 100 valence electrons. The van der Waals surface area contributed by atoms with Gasteiger partial charge in [0.1, 0.15) is 5.54 Å². The molecule has 2 aliphatic rings. The predicted octanol–water partition coefficient (Wildman–Crippen LogP) is 1.79. The Morgan fingerprint density at radius 3 is 2.83 bits per heavy atom. The van der Waals surface area contributed by atoms with Crippen molar-refractivity contribution in [2.45, 2.75) is 44.6 Å². The molecule has 2 aliphatic carbocycles. The fraction of sp³-hybridized carbons (Fsp3) is 0.846. The van der Waals surface area contributed by atoms with Crippen LogP contribution in [-0.2, 0) is 10.3 Å². The standard InChI is InChI=1S/C13H21N3O2/c1-3-17-7-13(2,14)12-15-11(18-16-12)10-8-5-4-6-9(8)10/h8-10H,3-7,14H2,1-2H3. The zero-order valence-electron chi connectivity index (χ0n) is 11.1. The smallest absolute Gasteiger partial charge is 0.230 e. The van der Waals surface area contributed by atoms with E-state index in [-0.39, 0.29) is 0 Å². The number of hydrogen-bond donors (Lipinski definition) is 1. The molecule has 5 nitrogen and oxygen atoms in total. The van der Waals surface area contributed by atoms with E-state index in [9.17, 15) is 0 Å². The number of aromatic nitrogens is 2. The lowest BCUT2D eigenvalue weighted by Gasteiger charge is -2.19. The maximum Gasteiger partial charge on any atom is 0.230 e. The van der Waals surface area contributed by atoms with Crippen molar-refractivity contribution < 1.29 is 9.26 Å². The number of rotatable bonds is 5. The highest BCUT2D eigenvalue weighted by Crippen LogP contribution is 2.62. The second kappa shape index (κ2) is 4.31. The van der Waals surface area contributed by atoms with Gasteiger partial charge in [-0.3, -0.25) is 0 Å². The van der Waals surface area contributed by atoms with Crippen molar-refractivity contribution in [2.75, 3.05) is 13.2 Å². The third kappa shape index (κ3) is 1.95.